The fourth-order valence-electron chi connectivity index (χ4n) is 0.659. The minimum absolute atomic E-state index is 0.176. The Kier molecular flexibility index (Phi) is 1.66. The molecule has 1 aliphatic rings. The number of rotatable bonds is 1. The molecule has 1 rings (SSSR count). The molecule has 4 heteroatoms. The molecule has 9 heavy (non-hydrogen) atoms. The van der Waals surface area contributed by atoms with Crippen LogP contribution in [-0.4, -0.2) is 18.3 Å². The fourth-order valence-corrected chi connectivity index (χ4v) is 0.659. The number of hydrogen-bond donors (Lipinski definition) is 1. The van der Waals surface area contributed by atoms with Crippen LogP contribution in [0.2, 0.25) is 0 Å². The average molecular weight is 128 g/mol. The smallest absolute Gasteiger partial charge is 0.143 e. The van der Waals surface area contributed by atoms with Gasteiger partial charge in [-0.25, -0.2) is 5.12 Å². The van der Waals surface area contributed by atoms with Crippen molar-refractivity contribution in [2.45, 2.75) is 20.0 Å². The fraction of sp³-hybridized carbons (Fsp3) is 1.00. The first-order chi connectivity index (χ1) is 4.20. The highest BCUT2D eigenvalue weighted by atomic mass is 15.8. The molecule has 1 aliphatic heterocycles. The quantitative estimate of drug-likeness (QED) is 0.567. The van der Waals surface area contributed by atoms with Gasteiger partial charge >= 0.3 is 0 Å². The van der Waals surface area contributed by atoms with Crippen molar-refractivity contribution in [3.63, 3.8) is 0 Å². The first-order valence-corrected chi connectivity index (χ1v) is 3.11. The van der Waals surface area contributed by atoms with E-state index in [2.05, 4.69) is 29.6 Å². The molecule has 0 aliphatic carbocycles. The molecule has 1 unspecified atom stereocenters. The van der Waals surface area contributed by atoms with Gasteiger partial charge in [-0.1, -0.05) is 19.1 Å². The van der Waals surface area contributed by atoms with Crippen LogP contribution >= 0.6 is 0 Å². The highest BCUT2D eigenvalue weighted by Crippen LogP contribution is 2.08. The Morgan fingerprint density at radius 3 is 2.44 bits per heavy atom. The summed E-state index contributed by atoms with van der Waals surface area (Å²) in [4.78, 5) is 0. The SMILES string of the molecule is CC(C)C1N=NN(C)N1. The van der Waals surface area contributed by atoms with Gasteiger partial charge in [0.2, 0.25) is 0 Å². The van der Waals surface area contributed by atoms with Gasteiger partial charge in [0.1, 0.15) is 6.17 Å². The van der Waals surface area contributed by atoms with Crippen LogP contribution in [-0.2, 0) is 0 Å². The zero-order valence-electron chi connectivity index (χ0n) is 6.00. The van der Waals surface area contributed by atoms with E-state index in [4.69, 9.17) is 0 Å². The summed E-state index contributed by atoms with van der Waals surface area (Å²) in [6.07, 6.45) is 0.176. The molecule has 0 aromatic heterocycles. The van der Waals surface area contributed by atoms with Crippen molar-refractivity contribution in [2.75, 3.05) is 7.05 Å². The predicted octanol–water partition coefficient (Wildman–Crippen LogP) is 0.786. The second-order valence-electron chi connectivity index (χ2n) is 2.55. The third kappa shape index (κ3) is 1.38. The van der Waals surface area contributed by atoms with Crippen molar-refractivity contribution in [1.82, 2.24) is 10.5 Å². The molecule has 0 bridgehead atoms. The minimum atomic E-state index is 0.176. The van der Waals surface area contributed by atoms with Gasteiger partial charge in [0.25, 0.3) is 0 Å². The van der Waals surface area contributed by atoms with Gasteiger partial charge in [0.15, 0.2) is 0 Å². The lowest BCUT2D eigenvalue weighted by Crippen LogP contribution is -2.35. The molecule has 0 amide bonds. The Labute approximate surface area is 54.9 Å². The normalized spacial score (nSPS) is 26.2. The molecule has 1 heterocycles. The second kappa shape index (κ2) is 2.31. The van der Waals surface area contributed by atoms with Crippen LogP contribution in [0, 0.1) is 5.92 Å². The first kappa shape index (κ1) is 6.48. The number of hydrogen-bond acceptors (Lipinski definition) is 4. The Balaban J connectivity index is 2.41. The van der Waals surface area contributed by atoms with E-state index < -0.39 is 0 Å². The topological polar surface area (TPSA) is 40.0 Å². The summed E-state index contributed by atoms with van der Waals surface area (Å²) in [7, 11) is 1.84. The van der Waals surface area contributed by atoms with E-state index >= 15 is 0 Å². The van der Waals surface area contributed by atoms with Gasteiger partial charge in [-0.15, -0.1) is 5.11 Å². The largest absolute Gasteiger partial charge is 0.212 e. The summed E-state index contributed by atoms with van der Waals surface area (Å²) in [6, 6.07) is 0. The van der Waals surface area contributed by atoms with Gasteiger partial charge in [0.05, 0.1) is 0 Å². The summed E-state index contributed by atoms with van der Waals surface area (Å²) in [5.41, 5.74) is 3.05. The van der Waals surface area contributed by atoms with Gasteiger partial charge in [0, 0.05) is 7.05 Å². The molecule has 1 N–H and O–H groups in total. The Bertz CT molecular complexity index is 120. The van der Waals surface area contributed by atoms with E-state index in [1.54, 1.807) is 5.12 Å². The van der Waals surface area contributed by atoms with Crippen molar-refractivity contribution >= 4 is 0 Å². The van der Waals surface area contributed by atoms with Crippen LogP contribution in [0.1, 0.15) is 13.8 Å². The molecule has 0 spiro atoms. The summed E-state index contributed by atoms with van der Waals surface area (Å²) in [5, 5.41) is 9.37. The maximum Gasteiger partial charge on any atom is 0.143 e. The third-order valence-electron chi connectivity index (χ3n) is 1.26. The maximum atomic E-state index is 3.96. The molecule has 0 saturated heterocycles. The summed E-state index contributed by atoms with van der Waals surface area (Å²) in [5.74, 6) is 0.513. The van der Waals surface area contributed by atoms with E-state index in [0.29, 0.717) is 5.92 Å². The average Bonchev–Trinajstić information content (AvgIpc) is 2.14. The van der Waals surface area contributed by atoms with Crippen molar-refractivity contribution < 1.29 is 0 Å². The van der Waals surface area contributed by atoms with Crippen LogP contribution in [0.4, 0.5) is 0 Å². The lowest BCUT2D eigenvalue weighted by atomic mass is 10.2. The zero-order chi connectivity index (χ0) is 6.85. The van der Waals surface area contributed by atoms with Crippen LogP contribution in [0.15, 0.2) is 10.3 Å². The van der Waals surface area contributed by atoms with Gasteiger partial charge in [-0.05, 0) is 5.92 Å². The molecule has 0 radical (unpaired) electrons. The summed E-state index contributed by atoms with van der Waals surface area (Å²) < 4.78 is 0. The van der Waals surface area contributed by atoms with Crippen molar-refractivity contribution in [3.05, 3.63) is 0 Å². The van der Waals surface area contributed by atoms with E-state index in [9.17, 15) is 0 Å². The molecule has 0 aromatic rings. The van der Waals surface area contributed by atoms with E-state index in [1.807, 2.05) is 7.05 Å². The van der Waals surface area contributed by atoms with Crippen LogP contribution < -0.4 is 5.43 Å². The summed E-state index contributed by atoms with van der Waals surface area (Å²) >= 11 is 0. The molecule has 0 saturated carbocycles. The van der Waals surface area contributed by atoms with Gasteiger partial charge in [-0.3, -0.25) is 0 Å². The summed E-state index contributed by atoms with van der Waals surface area (Å²) in [6.45, 7) is 4.21. The van der Waals surface area contributed by atoms with E-state index in [0.717, 1.165) is 0 Å². The molecule has 4 nitrogen and oxygen atoms in total. The Hall–Kier alpha value is -0.640. The van der Waals surface area contributed by atoms with Crippen LogP contribution in [0.25, 0.3) is 0 Å². The van der Waals surface area contributed by atoms with E-state index in [-0.39, 0.29) is 6.17 Å². The molecule has 0 aromatic carbocycles. The lowest BCUT2D eigenvalue weighted by molar-refractivity contribution is 0.239. The van der Waals surface area contributed by atoms with E-state index in [1.165, 1.54) is 0 Å². The van der Waals surface area contributed by atoms with Crippen molar-refractivity contribution in [1.29, 1.82) is 0 Å². The predicted molar refractivity (Wildman–Crippen MR) is 34.4 cm³/mol. The van der Waals surface area contributed by atoms with Crippen LogP contribution in [0.5, 0.6) is 0 Å². The Morgan fingerprint density at radius 2 is 2.22 bits per heavy atom. The number of nitrogens with zero attached hydrogens (tertiary/aromatic N) is 3. The van der Waals surface area contributed by atoms with Crippen molar-refractivity contribution in [3.8, 4) is 0 Å². The van der Waals surface area contributed by atoms with Gasteiger partial charge in [-0.2, -0.15) is 5.43 Å². The van der Waals surface area contributed by atoms with Crippen LogP contribution in [0.3, 0.4) is 0 Å². The number of nitrogens with one attached hydrogen (secondary N) is 1. The first-order valence-electron chi connectivity index (χ1n) is 3.11. The second-order valence-corrected chi connectivity index (χ2v) is 2.55. The molecule has 0 fully saturated rings. The van der Waals surface area contributed by atoms with Crippen molar-refractivity contribution in [2.24, 2.45) is 16.3 Å². The Morgan fingerprint density at radius 1 is 1.56 bits per heavy atom. The van der Waals surface area contributed by atoms with Gasteiger partial charge < -0.3 is 0 Å². The molecular weight excluding hydrogens is 116 g/mol. The third-order valence-corrected chi connectivity index (χ3v) is 1.26. The maximum absolute atomic E-state index is 3.96. The highest BCUT2D eigenvalue weighted by molar-refractivity contribution is 4.65. The number of hydrazine groups is 1. The highest BCUT2D eigenvalue weighted by Gasteiger charge is 2.17. The standard InChI is InChI=1S/C5H12N4/c1-4(2)5-6-8-9(3)7-5/h4-5,7H,1-3H3. The molecule has 1 atom stereocenters. The minimum Gasteiger partial charge on any atom is -0.212 e. The lowest BCUT2D eigenvalue weighted by Gasteiger charge is -2.11. The monoisotopic (exact) mass is 128 g/mol. The zero-order valence-corrected chi connectivity index (χ0v) is 6.00. The molecule has 52 valence electrons. The molecular formula is C5H12N4.